The van der Waals surface area contributed by atoms with Crippen LogP contribution in [0.4, 0.5) is 5.69 Å². The Labute approximate surface area is 114 Å². The van der Waals surface area contributed by atoms with Crippen molar-refractivity contribution in [2.24, 2.45) is 0 Å². The predicted octanol–water partition coefficient (Wildman–Crippen LogP) is -0.540. The van der Waals surface area contributed by atoms with Gasteiger partial charge in [-0.05, 0) is 0 Å². The Morgan fingerprint density at radius 2 is 2.00 bits per heavy atom. The van der Waals surface area contributed by atoms with Crippen molar-refractivity contribution < 1.29 is 28.3 Å². The summed E-state index contributed by atoms with van der Waals surface area (Å²) in [6, 6.07) is 3.52. The zero-order valence-electron chi connectivity index (χ0n) is 10.1. The van der Waals surface area contributed by atoms with Crippen LogP contribution in [0.15, 0.2) is 24.3 Å². The largest absolute Gasteiger partial charge is 0.480 e. The van der Waals surface area contributed by atoms with Crippen molar-refractivity contribution in [3.05, 3.63) is 39.9 Å². The molecule has 20 heavy (non-hydrogen) atoms. The third-order valence-electron chi connectivity index (χ3n) is 2.34. The summed E-state index contributed by atoms with van der Waals surface area (Å²) >= 11 is 0. The minimum atomic E-state index is -4.14. The van der Waals surface area contributed by atoms with Crippen molar-refractivity contribution in [2.45, 2.75) is 11.8 Å². The highest BCUT2D eigenvalue weighted by atomic mass is 32.2. The number of nitrogens with zero attached hydrogens (tertiary/aromatic N) is 1. The summed E-state index contributed by atoms with van der Waals surface area (Å²) < 4.78 is 25.2. The summed E-state index contributed by atoms with van der Waals surface area (Å²) in [6.45, 7) is -0.925. The van der Waals surface area contributed by atoms with Gasteiger partial charge in [-0.25, -0.2) is 8.42 Å². The number of nitro benzene ring substituents is 1. The highest BCUT2D eigenvalue weighted by Crippen LogP contribution is 2.19. The highest BCUT2D eigenvalue weighted by Gasteiger charge is 2.25. The number of hydrogen-bond acceptors (Lipinski definition) is 6. The monoisotopic (exact) mass is 304 g/mol. The molecule has 9 nitrogen and oxygen atoms in total. The lowest BCUT2D eigenvalue weighted by Gasteiger charge is -2.12. The van der Waals surface area contributed by atoms with Crippen molar-refractivity contribution >= 4 is 21.7 Å². The number of aliphatic carboxylic acids is 1. The molecule has 1 aromatic carbocycles. The molecule has 0 heterocycles. The van der Waals surface area contributed by atoms with Crippen LogP contribution in [0, 0.1) is 10.1 Å². The van der Waals surface area contributed by atoms with Crippen molar-refractivity contribution in [3.8, 4) is 0 Å². The minimum Gasteiger partial charge on any atom is -0.480 e. The van der Waals surface area contributed by atoms with Crippen molar-refractivity contribution in [1.29, 1.82) is 0 Å². The van der Waals surface area contributed by atoms with Crippen molar-refractivity contribution in [3.63, 3.8) is 0 Å². The van der Waals surface area contributed by atoms with Gasteiger partial charge < -0.3 is 10.2 Å². The van der Waals surface area contributed by atoms with E-state index in [1.165, 1.54) is 18.2 Å². The number of sulfonamides is 1. The number of nitrogens with one attached hydrogen (secondary N) is 1. The number of hydrogen-bond donors (Lipinski definition) is 3. The molecule has 1 atom stereocenters. The van der Waals surface area contributed by atoms with E-state index in [2.05, 4.69) is 0 Å². The highest BCUT2D eigenvalue weighted by molar-refractivity contribution is 7.88. The Bertz CT molecular complexity index is 614. The van der Waals surface area contributed by atoms with E-state index in [1.54, 1.807) is 4.72 Å². The predicted molar refractivity (Wildman–Crippen MR) is 67.4 cm³/mol. The van der Waals surface area contributed by atoms with Gasteiger partial charge in [0.2, 0.25) is 10.0 Å². The van der Waals surface area contributed by atoms with Crippen LogP contribution in [0.25, 0.3) is 0 Å². The summed E-state index contributed by atoms with van der Waals surface area (Å²) in [7, 11) is -4.14. The van der Waals surface area contributed by atoms with Crippen LogP contribution < -0.4 is 4.72 Å². The zero-order valence-corrected chi connectivity index (χ0v) is 10.9. The molecule has 10 heteroatoms. The summed E-state index contributed by atoms with van der Waals surface area (Å²) in [6.07, 6.45) is 0. The summed E-state index contributed by atoms with van der Waals surface area (Å²) in [5.74, 6) is -2.30. The first-order valence-corrected chi connectivity index (χ1v) is 6.98. The van der Waals surface area contributed by atoms with Gasteiger partial charge in [0.15, 0.2) is 0 Å². The Hall–Kier alpha value is -2.04. The Kier molecular flexibility index (Phi) is 5.13. The average molecular weight is 304 g/mol. The van der Waals surface area contributed by atoms with E-state index < -0.39 is 39.3 Å². The van der Waals surface area contributed by atoms with E-state index >= 15 is 0 Å². The molecule has 0 unspecified atom stereocenters. The SMILES string of the molecule is O=C(O)[C@@H](CO)NS(=O)(=O)Cc1ccccc1[N+](=O)[O-]. The molecule has 0 aliphatic heterocycles. The van der Waals surface area contributed by atoms with Gasteiger partial charge in [0.05, 0.1) is 17.3 Å². The second-order valence-corrected chi connectivity index (χ2v) is 5.59. The zero-order chi connectivity index (χ0) is 15.3. The Morgan fingerprint density at radius 3 is 2.50 bits per heavy atom. The number of rotatable bonds is 7. The number of carboxylic acid groups (broad SMARTS) is 1. The fourth-order valence-corrected chi connectivity index (χ4v) is 2.79. The van der Waals surface area contributed by atoms with Crippen LogP contribution >= 0.6 is 0 Å². The summed E-state index contributed by atoms with van der Waals surface area (Å²) in [5, 5.41) is 28.2. The molecule has 3 N–H and O–H groups in total. The molecule has 0 fully saturated rings. The van der Waals surface area contributed by atoms with Crippen molar-refractivity contribution in [1.82, 2.24) is 4.72 Å². The van der Waals surface area contributed by atoms with Crippen LogP contribution in [0.5, 0.6) is 0 Å². The fraction of sp³-hybridized carbons (Fsp3) is 0.300. The van der Waals surface area contributed by atoms with Gasteiger partial charge >= 0.3 is 5.97 Å². The van der Waals surface area contributed by atoms with E-state index in [9.17, 15) is 23.3 Å². The lowest BCUT2D eigenvalue weighted by molar-refractivity contribution is -0.385. The smallest absolute Gasteiger partial charge is 0.324 e. The summed E-state index contributed by atoms with van der Waals surface area (Å²) in [5.41, 5.74) is -0.458. The molecule has 0 radical (unpaired) electrons. The number of aliphatic hydroxyl groups is 1. The molecular weight excluding hydrogens is 292 g/mol. The molecule has 1 aromatic rings. The van der Waals surface area contributed by atoms with Crippen LogP contribution in [-0.4, -0.2) is 42.2 Å². The molecule has 0 amide bonds. The molecule has 110 valence electrons. The van der Waals surface area contributed by atoms with Gasteiger partial charge in [-0.15, -0.1) is 0 Å². The molecule has 0 aromatic heterocycles. The number of benzene rings is 1. The standard InChI is InChI=1S/C10H12N2O7S/c13-5-8(10(14)15)11-20(18,19)6-7-3-1-2-4-9(7)12(16)17/h1-4,8,11,13H,5-6H2,(H,14,15)/t8-/m1/s1. The van der Waals surface area contributed by atoms with E-state index in [0.29, 0.717) is 0 Å². The average Bonchev–Trinajstić information content (AvgIpc) is 2.35. The molecule has 0 spiro atoms. The second-order valence-electron chi connectivity index (χ2n) is 3.84. The van der Waals surface area contributed by atoms with E-state index in [4.69, 9.17) is 10.2 Å². The quantitative estimate of drug-likeness (QED) is 0.452. The number of para-hydroxylation sites is 1. The number of carboxylic acids is 1. The second kappa shape index (κ2) is 6.41. The topological polar surface area (TPSA) is 147 Å². The third-order valence-corrected chi connectivity index (χ3v) is 3.67. The molecule has 0 saturated carbocycles. The molecule has 1 rings (SSSR count). The van der Waals surface area contributed by atoms with Crippen LogP contribution in [0.2, 0.25) is 0 Å². The Morgan fingerprint density at radius 1 is 1.40 bits per heavy atom. The van der Waals surface area contributed by atoms with Gasteiger partial charge in [-0.2, -0.15) is 4.72 Å². The first-order valence-electron chi connectivity index (χ1n) is 5.33. The van der Waals surface area contributed by atoms with Gasteiger partial charge in [0, 0.05) is 11.6 Å². The molecular formula is C10H12N2O7S. The number of carbonyl (C=O) groups is 1. The molecule has 0 saturated heterocycles. The van der Waals surface area contributed by atoms with Gasteiger partial charge in [-0.1, -0.05) is 18.2 Å². The number of nitro groups is 1. The Balaban J connectivity index is 2.97. The van der Waals surface area contributed by atoms with E-state index in [1.807, 2.05) is 0 Å². The van der Waals surface area contributed by atoms with Crippen LogP contribution in [-0.2, 0) is 20.6 Å². The van der Waals surface area contributed by atoms with Crippen molar-refractivity contribution in [2.75, 3.05) is 6.61 Å². The van der Waals surface area contributed by atoms with E-state index in [0.717, 1.165) is 6.07 Å². The van der Waals surface area contributed by atoms with Crippen LogP contribution in [0.1, 0.15) is 5.56 Å². The molecule has 0 aliphatic carbocycles. The third kappa shape index (κ3) is 4.26. The van der Waals surface area contributed by atoms with Gasteiger partial charge in [-0.3, -0.25) is 14.9 Å². The first kappa shape index (κ1) is 16.0. The number of aliphatic hydroxyl groups excluding tert-OH is 1. The maximum atomic E-state index is 11.7. The lowest BCUT2D eigenvalue weighted by Crippen LogP contribution is -2.43. The van der Waals surface area contributed by atoms with Crippen LogP contribution in [0.3, 0.4) is 0 Å². The van der Waals surface area contributed by atoms with Gasteiger partial charge in [0.25, 0.3) is 5.69 Å². The summed E-state index contributed by atoms with van der Waals surface area (Å²) in [4.78, 5) is 20.7. The first-order chi connectivity index (χ1) is 9.26. The molecule has 0 aliphatic rings. The molecule has 0 bridgehead atoms. The van der Waals surface area contributed by atoms with E-state index in [-0.39, 0.29) is 11.3 Å². The minimum absolute atomic E-state index is 0.0768. The maximum Gasteiger partial charge on any atom is 0.324 e. The van der Waals surface area contributed by atoms with Gasteiger partial charge in [0.1, 0.15) is 6.04 Å². The fourth-order valence-electron chi connectivity index (χ4n) is 1.44. The maximum absolute atomic E-state index is 11.7. The normalized spacial score (nSPS) is 12.8. The lowest BCUT2D eigenvalue weighted by atomic mass is 10.2.